The molecule has 6 heteroatoms. The lowest BCUT2D eigenvalue weighted by Crippen LogP contribution is -2.13. The zero-order valence-corrected chi connectivity index (χ0v) is 15.1. The molecule has 1 unspecified atom stereocenters. The van der Waals surface area contributed by atoms with E-state index >= 15 is 0 Å². The maximum atomic E-state index is 12.7. The predicted octanol–water partition coefficient (Wildman–Crippen LogP) is 3.88. The second-order valence-electron chi connectivity index (χ2n) is 6.56. The van der Waals surface area contributed by atoms with Gasteiger partial charge in [-0.15, -0.1) is 11.3 Å². The topological polar surface area (TPSA) is 75.2 Å². The number of aromatic nitrogens is 2. The monoisotopic (exact) mass is 356 g/mol. The number of phenolic OH excluding ortho intramolecular Hbond substituents is 1. The number of thiophene rings is 1. The van der Waals surface area contributed by atoms with Gasteiger partial charge in [-0.3, -0.25) is 4.79 Å². The Morgan fingerprint density at radius 1 is 1.44 bits per heavy atom. The minimum atomic E-state index is -0.0851. The number of benzene rings is 1. The summed E-state index contributed by atoms with van der Waals surface area (Å²) in [4.78, 5) is 22.4. The number of phenols is 1. The van der Waals surface area contributed by atoms with Gasteiger partial charge in [0.25, 0.3) is 5.56 Å². The van der Waals surface area contributed by atoms with E-state index in [2.05, 4.69) is 11.9 Å². The summed E-state index contributed by atoms with van der Waals surface area (Å²) in [5.41, 5.74) is 1.82. The van der Waals surface area contributed by atoms with Crippen LogP contribution < -0.4 is 10.3 Å². The molecular formula is C19H20N2O3S. The molecule has 0 saturated carbocycles. The van der Waals surface area contributed by atoms with E-state index in [-0.39, 0.29) is 11.3 Å². The van der Waals surface area contributed by atoms with Crippen molar-refractivity contribution in [1.82, 2.24) is 9.97 Å². The number of aromatic hydroxyl groups is 1. The quantitative estimate of drug-likeness (QED) is 0.747. The molecule has 0 spiro atoms. The normalized spacial score (nSPS) is 16.8. The van der Waals surface area contributed by atoms with Crippen LogP contribution in [0.3, 0.4) is 0 Å². The molecule has 25 heavy (non-hydrogen) atoms. The summed E-state index contributed by atoms with van der Waals surface area (Å²) in [5.74, 6) is 1.63. The van der Waals surface area contributed by atoms with Crippen molar-refractivity contribution in [3.05, 3.63) is 39.0 Å². The zero-order valence-electron chi connectivity index (χ0n) is 14.3. The van der Waals surface area contributed by atoms with Crippen LogP contribution in [0.2, 0.25) is 0 Å². The number of aromatic amines is 1. The molecule has 0 bridgehead atoms. The molecule has 130 valence electrons. The Morgan fingerprint density at radius 2 is 2.28 bits per heavy atom. The Bertz CT molecular complexity index is 1010. The number of hydrogen-bond donors (Lipinski definition) is 2. The lowest BCUT2D eigenvalue weighted by atomic mass is 9.89. The molecule has 1 aliphatic rings. The maximum absolute atomic E-state index is 12.7. The molecule has 2 N–H and O–H groups in total. The van der Waals surface area contributed by atoms with Gasteiger partial charge in [-0.1, -0.05) is 6.92 Å². The van der Waals surface area contributed by atoms with Crippen molar-refractivity contribution >= 4 is 21.6 Å². The van der Waals surface area contributed by atoms with Crippen molar-refractivity contribution in [3.8, 4) is 22.9 Å². The first-order chi connectivity index (χ1) is 12.1. The molecule has 2 aromatic heterocycles. The highest BCUT2D eigenvalue weighted by molar-refractivity contribution is 7.18. The number of nitrogens with zero attached hydrogens (tertiary/aromatic N) is 1. The van der Waals surface area contributed by atoms with Crippen molar-refractivity contribution in [1.29, 1.82) is 0 Å². The fourth-order valence-corrected chi connectivity index (χ4v) is 4.80. The molecule has 0 aliphatic heterocycles. The van der Waals surface area contributed by atoms with Crippen LogP contribution in [0.25, 0.3) is 21.6 Å². The fraction of sp³-hybridized carbons (Fsp3) is 0.368. The third-order valence-electron chi connectivity index (χ3n) is 4.70. The standard InChI is InChI=1S/C19H20N2O3S/c1-3-24-14-9-11(5-7-13(14)22)17-20-18(23)16-12-6-4-10(2)8-15(12)25-19(16)21-17/h5,7,9-10,22H,3-4,6,8H2,1-2H3,(H,20,21,23). The van der Waals surface area contributed by atoms with Crippen molar-refractivity contribution in [2.45, 2.75) is 33.1 Å². The van der Waals surface area contributed by atoms with Crippen molar-refractivity contribution < 1.29 is 9.84 Å². The zero-order chi connectivity index (χ0) is 17.6. The third-order valence-corrected chi connectivity index (χ3v) is 5.85. The Morgan fingerprint density at radius 3 is 3.08 bits per heavy atom. The van der Waals surface area contributed by atoms with Crippen LogP contribution in [-0.4, -0.2) is 21.7 Å². The van der Waals surface area contributed by atoms with Gasteiger partial charge in [0.1, 0.15) is 10.7 Å². The van der Waals surface area contributed by atoms with Crippen LogP contribution in [0.15, 0.2) is 23.0 Å². The molecular weight excluding hydrogens is 336 g/mol. The van der Waals surface area contributed by atoms with Crippen LogP contribution >= 0.6 is 11.3 Å². The molecule has 1 aliphatic carbocycles. The molecule has 1 aromatic carbocycles. The number of H-pyrrole nitrogens is 1. The van der Waals surface area contributed by atoms with Crippen LogP contribution in [0.1, 0.15) is 30.7 Å². The lowest BCUT2D eigenvalue weighted by molar-refractivity contribution is 0.318. The average Bonchev–Trinajstić information content (AvgIpc) is 2.94. The molecule has 5 nitrogen and oxygen atoms in total. The largest absolute Gasteiger partial charge is 0.504 e. The summed E-state index contributed by atoms with van der Waals surface area (Å²) in [6.45, 7) is 4.56. The molecule has 0 radical (unpaired) electrons. The first-order valence-electron chi connectivity index (χ1n) is 8.57. The first kappa shape index (κ1) is 16.1. The minimum Gasteiger partial charge on any atom is -0.504 e. The van der Waals surface area contributed by atoms with E-state index in [1.165, 1.54) is 10.4 Å². The van der Waals surface area contributed by atoms with Crippen molar-refractivity contribution in [2.24, 2.45) is 5.92 Å². The highest BCUT2D eigenvalue weighted by atomic mass is 32.1. The van der Waals surface area contributed by atoms with Crippen molar-refractivity contribution in [3.63, 3.8) is 0 Å². The molecule has 4 rings (SSSR count). The number of ether oxygens (including phenoxy) is 1. The smallest absolute Gasteiger partial charge is 0.260 e. The Balaban J connectivity index is 1.84. The molecule has 2 heterocycles. The van der Waals surface area contributed by atoms with Gasteiger partial charge >= 0.3 is 0 Å². The summed E-state index contributed by atoms with van der Waals surface area (Å²) in [6.07, 6.45) is 3.10. The van der Waals surface area contributed by atoms with Gasteiger partial charge in [-0.2, -0.15) is 0 Å². The van der Waals surface area contributed by atoms with Crippen LogP contribution in [0.5, 0.6) is 11.5 Å². The molecule has 1 atom stereocenters. The second-order valence-corrected chi connectivity index (χ2v) is 7.65. The summed E-state index contributed by atoms with van der Waals surface area (Å²) < 4.78 is 5.43. The van der Waals surface area contributed by atoms with Crippen molar-refractivity contribution in [2.75, 3.05) is 6.61 Å². The van der Waals surface area contributed by atoms with Gasteiger partial charge < -0.3 is 14.8 Å². The van der Waals surface area contributed by atoms with Gasteiger partial charge in [0.15, 0.2) is 11.5 Å². The number of fused-ring (bicyclic) bond motifs is 3. The molecule has 0 amide bonds. The predicted molar refractivity (Wildman–Crippen MR) is 99.7 cm³/mol. The summed E-state index contributed by atoms with van der Waals surface area (Å²) in [6, 6.07) is 5.00. The van der Waals surface area contributed by atoms with E-state index < -0.39 is 0 Å². The number of hydrogen-bond acceptors (Lipinski definition) is 5. The van der Waals surface area contributed by atoms with E-state index in [0.29, 0.717) is 24.1 Å². The number of rotatable bonds is 3. The SMILES string of the molecule is CCOc1cc(-c2nc3sc4c(c3c(=O)[nH]2)CCC(C)C4)ccc1O. The van der Waals surface area contributed by atoms with Gasteiger partial charge in [0.05, 0.1) is 12.0 Å². The van der Waals surface area contributed by atoms with E-state index in [9.17, 15) is 9.90 Å². The van der Waals surface area contributed by atoms with Crippen LogP contribution in [0.4, 0.5) is 0 Å². The van der Waals surface area contributed by atoms with Gasteiger partial charge in [0, 0.05) is 10.4 Å². The summed E-state index contributed by atoms with van der Waals surface area (Å²) in [7, 11) is 0. The van der Waals surface area contributed by atoms with E-state index in [0.717, 1.165) is 35.0 Å². The molecule has 0 fully saturated rings. The van der Waals surface area contributed by atoms with Crippen LogP contribution in [-0.2, 0) is 12.8 Å². The van der Waals surface area contributed by atoms with Crippen LogP contribution in [0, 0.1) is 5.92 Å². The van der Waals surface area contributed by atoms with Gasteiger partial charge in [-0.25, -0.2) is 4.98 Å². The first-order valence-corrected chi connectivity index (χ1v) is 9.39. The highest BCUT2D eigenvalue weighted by Gasteiger charge is 2.23. The summed E-state index contributed by atoms with van der Waals surface area (Å²) in [5, 5.41) is 10.6. The minimum absolute atomic E-state index is 0.0783. The van der Waals surface area contributed by atoms with Gasteiger partial charge in [-0.05, 0) is 55.9 Å². The Kier molecular flexibility index (Phi) is 4.00. The van der Waals surface area contributed by atoms with Gasteiger partial charge in [0.2, 0.25) is 0 Å². The Hall–Kier alpha value is -2.34. The fourth-order valence-electron chi connectivity index (χ4n) is 3.42. The molecule has 3 aromatic rings. The highest BCUT2D eigenvalue weighted by Crippen LogP contribution is 2.37. The van der Waals surface area contributed by atoms with E-state index in [1.807, 2.05) is 6.92 Å². The molecule has 0 saturated heterocycles. The maximum Gasteiger partial charge on any atom is 0.260 e. The summed E-state index contributed by atoms with van der Waals surface area (Å²) >= 11 is 1.63. The second kappa shape index (κ2) is 6.19. The van der Waals surface area contributed by atoms with E-state index in [4.69, 9.17) is 9.72 Å². The third kappa shape index (κ3) is 2.80. The Labute approximate surface area is 149 Å². The number of aryl methyl sites for hydroxylation is 1. The lowest BCUT2D eigenvalue weighted by Gasteiger charge is -2.17. The number of nitrogens with one attached hydrogen (secondary N) is 1. The van der Waals surface area contributed by atoms with E-state index in [1.54, 1.807) is 29.5 Å². The average molecular weight is 356 g/mol.